The molecule has 0 aliphatic heterocycles. The molecule has 0 aromatic heterocycles. The summed E-state index contributed by atoms with van der Waals surface area (Å²) in [7, 11) is 0. The first-order chi connectivity index (χ1) is 9.69. The van der Waals surface area contributed by atoms with Gasteiger partial charge in [-0.3, -0.25) is 4.79 Å². The lowest BCUT2D eigenvalue weighted by atomic mass is 9.92. The molecule has 20 heavy (non-hydrogen) atoms. The molecule has 2 atom stereocenters. The summed E-state index contributed by atoms with van der Waals surface area (Å²) in [6, 6.07) is 7.49. The predicted octanol–water partition coefficient (Wildman–Crippen LogP) is 2.05. The molecule has 4 nitrogen and oxygen atoms in total. The molecule has 0 saturated heterocycles. The summed E-state index contributed by atoms with van der Waals surface area (Å²) in [5.41, 5.74) is 0.929. The Morgan fingerprint density at radius 3 is 2.95 bits per heavy atom. The highest BCUT2D eigenvalue weighted by Gasteiger charge is 2.24. The third kappa shape index (κ3) is 4.23. The van der Waals surface area contributed by atoms with Crippen LogP contribution in [0.3, 0.4) is 0 Å². The Bertz CT molecular complexity index is 447. The Balaban J connectivity index is 1.88. The van der Waals surface area contributed by atoms with Gasteiger partial charge in [0, 0.05) is 0 Å². The molecule has 2 rings (SSSR count). The normalized spacial score (nSPS) is 22.3. The number of carbonyl (C=O) groups excluding carboxylic acids is 1. The topological polar surface area (TPSA) is 58.6 Å². The summed E-state index contributed by atoms with van der Waals surface area (Å²) in [6.07, 6.45) is 3.69. The quantitative estimate of drug-likeness (QED) is 0.866. The van der Waals surface area contributed by atoms with E-state index in [0.717, 1.165) is 37.0 Å². The molecule has 4 heteroatoms. The van der Waals surface area contributed by atoms with E-state index in [2.05, 4.69) is 5.32 Å². The van der Waals surface area contributed by atoms with E-state index in [1.54, 1.807) is 0 Å². The lowest BCUT2D eigenvalue weighted by molar-refractivity contribution is -0.122. The molecule has 2 unspecified atom stereocenters. The van der Waals surface area contributed by atoms with Crippen molar-refractivity contribution in [3.05, 3.63) is 29.8 Å². The van der Waals surface area contributed by atoms with Crippen molar-refractivity contribution < 1.29 is 14.6 Å². The van der Waals surface area contributed by atoms with Gasteiger partial charge in [0.05, 0.1) is 25.2 Å². The van der Waals surface area contributed by atoms with Crippen molar-refractivity contribution in [3.63, 3.8) is 0 Å². The summed E-state index contributed by atoms with van der Waals surface area (Å²) in [5.74, 6) is 0.750. The number of aliphatic hydroxyl groups is 1. The Morgan fingerprint density at radius 2 is 2.20 bits per heavy atom. The van der Waals surface area contributed by atoms with Gasteiger partial charge in [-0.2, -0.15) is 0 Å². The van der Waals surface area contributed by atoms with Crippen LogP contribution in [0, 0.1) is 0 Å². The van der Waals surface area contributed by atoms with Crippen LogP contribution >= 0.6 is 0 Å². The van der Waals surface area contributed by atoms with E-state index in [4.69, 9.17) is 4.74 Å². The number of amides is 1. The fourth-order valence-corrected chi connectivity index (χ4v) is 2.63. The largest absolute Gasteiger partial charge is 0.494 e. The van der Waals surface area contributed by atoms with E-state index in [9.17, 15) is 9.90 Å². The van der Waals surface area contributed by atoms with Gasteiger partial charge in [-0.1, -0.05) is 25.0 Å². The zero-order valence-corrected chi connectivity index (χ0v) is 12.0. The number of benzene rings is 1. The van der Waals surface area contributed by atoms with Crippen molar-refractivity contribution in [1.29, 1.82) is 0 Å². The van der Waals surface area contributed by atoms with Gasteiger partial charge < -0.3 is 15.2 Å². The van der Waals surface area contributed by atoms with Crippen molar-refractivity contribution in [2.45, 2.75) is 51.2 Å². The van der Waals surface area contributed by atoms with Crippen molar-refractivity contribution in [3.8, 4) is 5.75 Å². The SMILES string of the molecule is CCOc1cccc(CC(=O)NC2CCCCC2O)c1. The molecule has 1 aliphatic rings. The van der Waals surface area contributed by atoms with Gasteiger partial charge in [-0.25, -0.2) is 0 Å². The van der Waals surface area contributed by atoms with E-state index in [1.807, 2.05) is 31.2 Å². The lowest BCUT2D eigenvalue weighted by Crippen LogP contribution is -2.45. The van der Waals surface area contributed by atoms with Crippen molar-refractivity contribution >= 4 is 5.91 Å². The molecule has 0 heterocycles. The Kier molecular flexibility index (Phi) is 5.41. The maximum absolute atomic E-state index is 12.0. The molecule has 0 bridgehead atoms. The van der Waals surface area contributed by atoms with Gasteiger partial charge in [0.15, 0.2) is 0 Å². The fourth-order valence-electron chi connectivity index (χ4n) is 2.63. The number of aliphatic hydroxyl groups excluding tert-OH is 1. The lowest BCUT2D eigenvalue weighted by Gasteiger charge is -2.28. The number of rotatable bonds is 5. The van der Waals surface area contributed by atoms with Crippen LogP contribution in [0.1, 0.15) is 38.2 Å². The predicted molar refractivity (Wildman–Crippen MR) is 77.7 cm³/mol. The van der Waals surface area contributed by atoms with Gasteiger partial charge in [-0.15, -0.1) is 0 Å². The Morgan fingerprint density at radius 1 is 1.40 bits per heavy atom. The summed E-state index contributed by atoms with van der Waals surface area (Å²) in [5, 5.41) is 12.8. The van der Waals surface area contributed by atoms with E-state index in [1.165, 1.54) is 0 Å². The second-order valence-corrected chi connectivity index (χ2v) is 5.28. The van der Waals surface area contributed by atoms with Crippen LogP contribution < -0.4 is 10.1 Å². The fraction of sp³-hybridized carbons (Fsp3) is 0.562. The number of ether oxygens (including phenoxy) is 1. The monoisotopic (exact) mass is 277 g/mol. The Hall–Kier alpha value is -1.55. The van der Waals surface area contributed by atoms with Crippen LogP contribution in [0.4, 0.5) is 0 Å². The maximum atomic E-state index is 12.0. The minimum absolute atomic E-state index is 0.0374. The van der Waals surface area contributed by atoms with Crippen LogP contribution in [0.2, 0.25) is 0 Å². The zero-order valence-electron chi connectivity index (χ0n) is 12.0. The van der Waals surface area contributed by atoms with Gasteiger partial charge in [0.25, 0.3) is 0 Å². The summed E-state index contributed by atoms with van der Waals surface area (Å²) in [4.78, 5) is 12.0. The number of hydrogen-bond donors (Lipinski definition) is 2. The highest BCUT2D eigenvalue weighted by molar-refractivity contribution is 5.79. The zero-order chi connectivity index (χ0) is 14.4. The van der Waals surface area contributed by atoms with Crippen LogP contribution in [0.15, 0.2) is 24.3 Å². The van der Waals surface area contributed by atoms with E-state index < -0.39 is 6.10 Å². The maximum Gasteiger partial charge on any atom is 0.224 e. The molecule has 1 fully saturated rings. The highest BCUT2D eigenvalue weighted by atomic mass is 16.5. The van der Waals surface area contributed by atoms with Crippen LogP contribution in [-0.4, -0.2) is 29.8 Å². The average Bonchev–Trinajstić information content (AvgIpc) is 2.42. The molecule has 1 aromatic carbocycles. The summed E-state index contributed by atoms with van der Waals surface area (Å²) >= 11 is 0. The van der Waals surface area contributed by atoms with Crippen LogP contribution in [0.5, 0.6) is 5.75 Å². The molecule has 1 aromatic rings. The average molecular weight is 277 g/mol. The summed E-state index contributed by atoms with van der Waals surface area (Å²) < 4.78 is 5.42. The standard InChI is InChI=1S/C16H23NO3/c1-2-20-13-7-5-6-12(10-13)11-16(19)17-14-8-3-4-9-15(14)18/h5-7,10,14-15,18H,2-4,8-9,11H2,1H3,(H,17,19). The second kappa shape index (κ2) is 7.29. The first-order valence-electron chi connectivity index (χ1n) is 7.38. The molecule has 2 N–H and O–H groups in total. The minimum Gasteiger partial charge on any atom is -0.494 e. The van der Waals surface area contributed by atoms with Gasteiger partial charge in [-0.05, 0) is 37.5 Å². The molecule has 1 amide bonds. The van der Waals surface area contributed by atoms with Crippen LogP contribution in [-0.2, 0) is 11.2 Å². The minimum atomic E-state index is -0.401. The molecule has 1 aliphatic carbocycles. The van der Waals surface area contributed by atoms with E-state index in [-0.39, 0.29) is 11.9 Å². The molecule has 1 saturated carbocycles. The Labute approximate surface area is 120 Å². The molecular formula is C16H23NO3. The summed E-state index contributed by atoms with van der Waals surface area (Å²) in [6.45, 7) is 2.55. The first-order valence-corrected chi connectivity index (χ1v) is 7.38. The molecule has 110 valence electrons. The van der Waals surface area contributed by atoms with Gasteiger partial charge >= 0.3 is 0 Å². The smallest absolute Gasteiger partial charge is 0.224 e. The van der Waals surface area contributed by atoms with Crippen LogP contribution in [0.25, 0.3) is 0 Å². The first kappa shape index (κ1) is 14.9. The van der Waals surface area contributed by atoms with Crippen molar-refractivity contribution in [2.75, 3.05) is 6.61 Å². The molecular weight excluding hydrogens is 254 g/mol. The van der Waals surface area contributed by atoms with Gasteiger partial charge in [0.2, 0.25) is 5.91 Å². The number of carbonyl (C=O) groups is 1. The second-order valence-electron chi connectivity index (χ2n) is 5.28. The third-order valence-electron chi connectivity index (χ3n) is 3.65. The van der Waals surface area contributed by atoms with Crippen molar-refractivity contribution in [2.24, 2.45) is 0 Å². The molecule has 0 spiro atoms. The molecule has 0 radical (unpaired) electrons. The van der Waals surface area contributed by atoms with Gasteiger partial charge in [0.1, 0.15) is 5.75 Å². The highest BCUT2D eigenvalue weighted by Crippen LogP contribution is 2.19. The van der Waals surface area contributed by atoms with E-state index >= 15 is 0 Å². The van der Waals surface area contributed by atoms with E-state index in [0.29, 0.717) is 13.0 Å². The number of nitrogens with one attached hydrogen (secondary N) is 1. The van der Waals surface area contributed by atoms with Crippen molar-refractivity contribution in [1.82, 2.24) is 5.32 Å². The third-order valence-corrected chi connectivity index (χ3v) is 3.65. The number of hydrogen-bond acceptors (Lipinski definition) is 3.